The fourth-order valence-corrected chi connectivity index (χ4v) is 3.07. The van der Waals surface area contributed by atoms with Crippen molar-refractivity contribution >= 4 is 11.0 Å². The van der Waals surface area contributed by atoms with Crippen LogP contribution in [0, 0.1) is 6.92 Å². The molecule has 1 aromatic heterocycles. The Kier molecular flexibility index (Phi) is 5.01. The molecule has 1 fully saturated rings. The first-order chi connectivity index (χ1) is 10.7. The van der Waals surface area contributed by atoms with Crippen LogP contribution in [0.2, 0.25) is 0 Å². The van der Waals surface area contributed by atoms with E-state index in [-0.39, 0.29) is 0 Å². The predicted molar refractivity (Wildman–Crippen MR) is 88.8 cm³/mol. The molecule has 1 aromatic carbocycles. The third-order valence-corrected chi connectivity index (χ3v) is 4.35. The van der Waals surface area contributed by atoms with Crippen molar-refractivity contribution in [1.82, 2.24) is 14.9 Å². The minimum atomic E-state index is 0.496. The van der Waals surface area contributed by atoms with E-state index in [4.69, 9.17) is 9.72 Å². The Hall–Kier alpha value is -1.52. The van der Waals surface area contributed by atoms with Crippen LogP contribution >= 0.6 is 0 Å². The molecule has 2 heterocycles. The van der Waals surface area contributed by atoms with Gasteiger partial charge in [-0.2, -0.15) is 0 Å². The van der Waals surface area contributed by atoms with Gasteiger partial charge in [-0.15, -0.1) is 0 Å². The molecular formula is C18H25N3O. The second-order valence-corrected chi connectivity index (χ2v) is 6.26. The number of fused-ring (bicyclic) bond motifs is 1. The van der Waals surface area contributed by atoms with E-state index >= 15 is 0 Å². The molecule has 2 aromatic rings. The SMILES string of the molecule is Cc1nc2ccccc2nc1CN(C)CCCC1CCCO1. The molecule has 1 aliphatic rings. The zero-order chi connectivity index (χ0) is 15.4. The molecule has 1 unspecified atom stereocenters. The van der Waals surface area contributed by atoms with E-state index in [2.05, 4.69) is 23.9 Å². The summed E-state index contributed by atoms with van der Waals surface area (Å²) in [7, 11) is 2.16. The molecule has 0 bridgehead atoms. The van der Waals surface area contributed by atoms with Crippen molar-refractivity contribution in [1.29, 1.82) is 0 Å². The van der Waals surface area contributed by atoms with Crippen molar-refractivity contribution in [2.45, 2.75) is 45.3 Å². The molecule has 1 atom stereocenters. The van der Waals surface area contributed by atoms with Crippen LogP contribution in [-0.4, -0.2) is 41.2 Å². The number of benzene rings is 1. The summed E-state index contributed by atoms with van der Waals surface area (Å²) < 4.78 is 5.68. The molecule has 118 valence electrons. The summed E-state index contributed by atoms with van der Waals surface area (Å²) in [5, 5.41) is 0. The highest BCUT2D eigenvalue weighted by atomic mass is 16.5. The lowest BCUT2D eigenvalue weighted by molar-refractivity contribution is 0.0994. The maximum atomic E-state index is 5.68. The maximum Gasteiger partial charge on any atom is 0.0890 e. The number of ether oxygens (including phenoxy) is 1. The summed E-state index contributed by atoms with van der Waals surface area (Å²) >= 11 is 0. The molecule has 0 aliphatic carbocycles. The Labute approximate surface area is 132 Å². The predicted octanol–water partition coefficient (Wildman–Crippen LogP) is 3.33. The summed E-state index contributed by atoms with van der Waals surface area (Å²) in [5.74, 6) is 0. The Balaban J connectivity index is 1.56. The van der Waals surface area contributed by atoms with Crippen LogP contribution in [0.5, 0.6) is 0 Å². The molecule has 3 rings (SSSR count). The average molecular weight is 299 g/mol. The van der Waals surface area contributed by atoms with Crippen molar-refractivity contribution in [3.63, 3.8) is 0 Å². The van der Waals surface area contributed by atoms with Gasteiger partial charge in [0, 0.05) is 13.2 Å². The zero-order valence-electron chi connectivity index (χ0n) is 13.6. The van der Waals surface area contributed by atoms with Crippen molar-refractivity contribution < 1.29 is 4.74 Å². The molecule has 1 aliphatic heterocycles. The van der Waals surface area contributed by atoms with Gasteiger partial charge in [-0.05, 0) is 58.3 Å². The maximum absolute atomic E-state index is 5.68. The topological polar surface area (TPSA) is 38.2 Å². The largest absolute Gasteiger partial charge is 0.378 e. The lowest BCUT2D eigenvalue weighted by Crippen LogP contribution is -2.22. The first-order valence-electron chi connectivity index (χ1n) is 8.25. The Morgan fingerprint density at radius 2 is 2.00 bits per heavy atom. The summed E-state index contributed by atoms with van der Waals surface area (Å²) in [6, 6.07) is 8.07. The van der Waals surface area contributed by atoms with Crippen molar-refractivity contribution in [3.05, 3.63) is 35.7 Å². The summed E-state index contributed by atoms with van der Waals surface area (Å²) in [5.41, 5.74) is 4.07. The van der Waals surface area contributed by atoms with Gasteiger partial charge in [0.25, 0.3) is 0 Å². The summed E-state index contributed by atoms with van der Waals surface area (Å²) in [4.78, 5) is 11.8. The number of rotatable bonds is 6. The zero-order valence-corrected chi connectivity index (χ0v) is 13.6. The third kappa shape index (κ3) is 3.81. The molecule has 4 heteroatoms. The van der Waals surface area contributed by atoms with E-state index in [1.165, 1.54) is 25.7 Å². The van der Waals surface area contributed by atoms with Gasteiger partial charge < -0.3 is 9.64 Å². The van der Waals surface area contributed by atoms with Gasteiger partial charge in [-0.25, -0.2) is 9.97 Å². The second kappa shape index (κ2) is 7.16. The Bertz CT molecular complexity index is 623. The number of aryl methyl sites for hydroxylation is 1. The van der Waals surface area contributed by atoms with E-state index in [1.807, 2.05) is 24.3 Å². The fraction of sp³-hybridized carbons (Fsp3) is 0.556. The van der Waals surface area contributed by atoms with Crippen molar-refractivity contribution in [2.24, 2.45) is 0 Å². The smallest absolute Gasteiger partial charge is 0.0890 e. The highest BCUT2D eigenvalue weighted by Crippen LogP contribution is 2.17. The van der Waals surface area contributed by atoms with Crippen LogP contribution in [0.1, 0.15) is 37.1 Å². The molecule has 0 radical (unpaired) electrons. The highest BCUT2D eigenvalue weighted by molar-refractivity contribution is 5.74. The molecule has 0 saturated carbocycles. The van der Waals surface area contributed by atoms with Gasteiger partial charge in [0.05, 0.1) is 28.5 Å². The monoisotopic (exact) mass is 299 g/mol. The van der Waals surface area contributed by atoms with Gasteiger partial charge in [-0.1, -0.05) is 12.1 Å². The number of hydrogen-bond acceptors (Lipinski definition) is 4. The van der Waals surface area contributed by atoms with Gasteiger partial charge in [0.1, 0.15) is 0 Å². The number of hydrogen-bond donors (Lipinski definition) is 0. The van der Waals surface area contributed by atoms with E-state index < -0.39 is 0 Å². The number of nitrogens with zero attached hydrogens (tertiary/aromatic N) is 3. The van der Waals surface area contributed by atoms with E-state index in [1.54, 1.807) is 0 Å². The van der Waals surface area contributed by atoms with Crippen LogP contribution in [0.25, 0.3) is 11.0 Å². The lowest BCUT2D eigenvalue weighted by Gasteiger charge is -2.18. The van der Waals surface area contributed by atoms with Gasteiger partial charge >= 0.3 is 0 Å². The number of para-hydroxylation sites is 2. The molecule has 0 N–H and O–H groups in total. The van der Waals surface area contributed by atoms with E-state index in [0.29, 0.717) is 6.10 Å². The van der Waals surface area contributed by atoms with Crippen molar-refractivity contribution in [3.8, 4) is 0 Å². The van der Waals surface area contributed by atoms with Crippen LogP contribution in [0.4, 0.5) is 0 Å². The Morgan fingerprint density at radius 3 is 2.73 bits per heavy atom. The van der Waals surface area contributed by atoms with Gasteiger partial charge in [0.15, 0.2) is 0 Å². The fourth-order valence-electron chi connectivity index (χ4n) is 3.07. The minimum Gasteiger partial charge on any atom is -0.378 e. The number of aromatic nitrogens is 2. The van der Waals surface area contributed by atoms with E-state index in [9.17, 15) is 0 Å². The minimum absolute atomic E-state index is 0.496. The normalized spacial score (nSPS) is 18.4. The Morgan fingerprint density at radius 1 is 1.23 bits per heavy atom. The molecule has 4 nitrogen and oxygen atoms in total. The van der Waals surface area contributed by atoms with Gasteiger partial charge in [-0.3, -0.25) is 0 Å². The van der Waals surface area contributed by atoms with E-state index in [0.717, 1.165) is 42.1 Å². The molecule has 0 amide bonds. The quantitative estimate of drug-likeness (QED) is 0.820. The average Bonchev–Trinajstić information content (AvgIpc) is 3.01. The van der Waals surface area contributed by atoms with Crippen LogP contribution in [-0.2, 0) is 11.3 Å². The second-order valence-electron chi connectivity index (χ2n) is 6.26. The van der Waals surface area contributed by atoms with Crippen LogP contribution in [0.3, 0.4) is 0 Å². The molecule has 1 saturated heterocycles. The lowest BCUT2D eigenvalue weighted by atomic mass is 10.1. The molecule has 22 heavy (non-hydrogen) atoms. The summed E-state index contributed by atoms with van der Waals surface area (Å²) in [6.07, 6.45) is 5.31. The summed E-state index contributed by atoms with van der Waals surface area (Å²) in [6.45, 7) is 4.93. The third-order valence-electron chi connectivity index (χ3n) is 4.35. The molecule has 0 spiro atoms. The first-order valence-corrected chi connectivity index (χ1v) is 8.25. The first kappa shape index (κ1) is 15.4. The highest BCUT2D eigenvalue weighted by Gasteiger charge is 2.15. The van der Waals surface area contributed by atoms with Crippen molar-refractivity contribution in [2.75, 3.05) is 20.2 Å². The molecular weight excluding hydrogens is 274 g/mol. The standard InChI is InChI=1S/C18H25N3O/c1-14-18(20-17-10-4-3-9-16(17)19-14)13-21(2)11-5-7-15-8-6-12-22-15/h3-4,9-10,15H,5-8,11-13H2,1-2H3. The van der Waals surface area contributed by atoms with Crippen LogP contribution in [0.15, 0.2) is 24.3 Å². The van der Waals surface area contributed by atoms with Crippen LogP contribution < -0.4 is 0 Å². The van der Waals surface area contributed by atoms with Gasteiger partial charge in [0.2, 0.25) is 0 Å².